The van der Waals surface area contributed by atoms with Crippen molar-refractivity contribution in [1.82, 2.24) is 4.98 Å². The number of aldehydes is 1. The molecule has 2 rings (SSSR count). The highest BCUT2D eigenvalue weighted by Gasteiger charge is 2.10. The van der Waals surface area contributed by atoms with E-state index in [2.05, 4.69) is 4.98 Å². The number of benzene rings is 1. The normalized spacial score (nSPS) is 10.4. The second-order valence-electron chi connectivity index (χ2n) is 3.21. The van der Waals surface area contributed by atoms with Crippen LogP contribution in [0.2, 0.25) is 5.02 Å². The summed E-state index contributed by atoms with van der Waals surface area (Å²) in [5, 5.41) is 0.778. The molecule has 0 radical (unpaired) electrons. The molecule has 82 valence electrons. The third-order valence-electron chi connectivity index (χ3n) is 2.31. The summed E-state index contributed by atoms with van der Waals surface area (Å²) in [5.41, 5.74) is -0.0139. The number of carbonyl (C=O) groups excluding carboxylic acids is 1. The summed E-state index contributed by atoms with van der Waals surface area (Å²) < 4.78 is 5.02. The fraction of sp³-hybridized carbons (Fsp3) is 0.0909. The Hall–Kier alpha value is -1.81. The number of pyridine rings is 1. The molecule has 0 aliphatic heterocycles. The molecule has 1 N–H and O–H groups in total. The van der Waals surface area contributed by atoms with Crippen LogP contribution in [0, 0.1) is 0 Å². The maximum atomic E-state index is 11.5. The number of halogens is 1. The van der Waals surface area contributed by atoms with Crippen LogP contribution in [0.3, 0.4) is 0 Å². The number of carbonyl (C=O) groups is 1. The number of aromatic nitrogens is 1. The van der Waals surface area contributed by atoms with Crippen molar-refractivity contribution in [1.29, 1.82) is 0 Å². The molecule has 1 aromatic heterocycles. The maximum absolute atomic E-state index is 11.5. The van der Waals surface area contributed by atoms with E-state index in [0.717, 1.165) is 0 Å². The lowest BCUT2D eigenvalue weighted by Crippen LogP contribution is -2.12. The fourth-order valence-corrected chi connectivity index (χ4v) is 1.78. The van der Waals surface area contributed by atoms with Crippen molar-refractivity contribution in [3.63, 3.8) is 0 Å². The van der Waals surface area contributed by atoms with Crippen LogP contribution >= 0.6 is 11.6 Å². The highest BCUT2D eigenvalue weighted by Crippen LogP contribution is 2.25. The molecule has 16 heavy (non-hydrogen) atoms. The zero-order valence-electron chi connectivity index (χ0n) is 8.41. The number of H-pyrrole nitrogens is 1. The lowest BCUT2D eigenvalue weighted by Gasteiger charge is -2.05. The van der Waals surface area contributed by atoms with Crippen LogP contribution in [0.15, 0.2) is 23.0 Å². The first-order chi connectivity index (χ1) is 7.67. The highest BCUT2D eigenvalue weighted by atomic mass is 35.5. The average Bonchev–Trinajstić information content (AvgIpc) is 2.28. The van der Waals surface area contributed by atoms with Gasteiger partial charge in [0.25, 0.3) is 5.56 Å². The number of nitrogens with one attached hydrogen (secondary N) is 1. The van der Waals surface area contributed by atoms with E-state index in [1.54, 1.807) is 18.2 Å². The van der Waals surface area contributed by atoms with E-state index >= 15 is 0 Å². The first-order valence-corrected chi connectivity index (χ1v) is 4.90. The predicted octanol–water partition coefficient (Wildman–Crippen LogP) is 2.00. The van der Waals surface area contributed by atoms with E-state index < -0.39 is 5.56 Å². The largest absolute Gasteiger partial charge is 0.497 e. The SMILES string of the molecule is COc1ccc2c(Cl)c(C=O)c(=O)[nH]c2c1. The molecule has 0 saturated carbocycles. The minimum atomic E-state index is -0.499. The van der Waals surface area contributed by atoms with Gasteiger partial charge in [0.1, 0.15) is 5.75 Å². The Morgan fingerprint density at radius 2 is 2.19 bits per heavy atom. The average molecular weight is 238 g/mol. The molecular formula is C11H8ClNO3. The Morgan fingerprint density at radius 3 is 2.81 bits per heavy atom. The maximum Gasteiger partial charge on any atom is 0.260 e. The molecule has 2 aromatic rings. The Morgan fingerprint density at radius 1 is 1.44 bits per heavy atom. The molecule has 0 atom stereocenters. The lowest BCUT2D eigenvalue weighted by atomic mass is 10.1. The van der Waals surface area contributed by atoms with E-state index in [1.807, 2.05) is 0 Å². The Balaban J connectivity index is 2.87. The van der Waals surface area contributed by atoms with Crippen molar-refractivity contribution >= 4 is 28.8 Å². The van der Waals surface area contributed by atoms with Gasteiger partial charge in [-0.05, 0) is 12.1 Å². The van der Waals surface area contributed by atoms with Gasteiger partial charge in [-0.1, -0.05) is 11.6 Å². The van der Waals surface area contributed by atoms with Crippen molar-refractivity contribution in [3.8, 4) is 5.75 Å². The Labute approximate surface area is 95.8 Å². The van der Waals surface area contributed by atoms with Crippen LogP contribution in [0.1, 0.15) is 10.4 Å². The number of aromatic amines is 1. The zero-order valence-corrected chi connectivity index (χ0v) is 9.17. The van der Waals surface area contributed by atoms with Gasteiger partial charge in [-0.25, -0.2) is 0 Å². The van der Waals surface area contributed by atoms with Crippen LogP contribution in [0.5, 0.6) is 5.75 Å². The van der Waals surface area contributed by atoms with Gasteiger partial charge in [-0.2, -0.15) is 0 Å². The molecule has 1 aromatic carbocycles. The smallest absolute Gasteiger partial charge is 0.260 e. The summed E-state index contributed by atoms with van der Waals surface area (Å²) in [7, 11) is 1.53. The first kappa shape index (κ1) is 10.7. The van der Waals surface area contributed by atoms with E-state index in [1.165, 1.54) is 7.11 Å². The molecule has 4 nitrogen and oxygen atoms in total. The monoisotopic (exact) mass is 237 g/mol. The van der Waals surface area contributed by atoms with Gasteiger partial charge >= 0.3 is 0 Å². The second-order valence-corrected chi connectivity index (χ2v) is 3.59. The molecule has 0 saturated heterocycles. The van der Waals surface area contributed by atoms with E-state index in [4.69, 9.17) is 16.3 Å². The van der Waals surface area contributed by atoms with E-state index in [-0.39, 0.29) is 10.6 Å². The Kier molecular flexibility index (Phi) is 2.66. The van der Waals surface area contributed by atoms with Gasteiger partial charge in [-0.3, -0.25) is 9.59 Å². The lowest BCUT2D eigenvalue weighted by molar-refractivity contribution is 0.112. The third kappa shape index (κ3) is 1.57. The molecule has 0 unspecified atom stereocenters. The number of rotatable bonds is 2. The van der Waals surface area contributed by atoms with Crippen molar-refractivity contribution < 1.29 is 9.53 Å². The highest BCUT2D eigenvalue weighted by molar-refractivity contribution is 6.37. The summed E-state index contributed by atoms with van der Waals surface area (Å²) in [4.78, 5) is 24.7. The van der Waals surface area contributed by atoms with Crippen molar-refractivity contribution in [2.24, 2.45) is 0 Å². The standard InChI is InChI=1S/C11H8ClNO3/c1-16-6-2-3-7-9(4-6)13-11(15)8(5-14)10(7)12/h2-5H,1H3,(H,13,15). The molecule has 5 heteroatoms. The van der Waals surface area contributed by atoms with E-state index in [9.17, 15) is 9.59 Å². The molecule has 0 aliphatic rings. The molecular weight excluding hydrogens is 230 g/mol. The van der Waals surface area contributed by atoms with Gasteiger partial charge in [0.05, 0.1) is 23.2 Å². The van der Waals surface area contributed by atoms with Crippen molar-refractivity contribution in [2.45, 2.75) is 0 Å². The summed E-state index contributed by atoms with van der Waals surface area (Å²) in [6.45, 7) is 0. The number of hydrogen-bond donors (Lipinski definition) is 1. The Bertz CT molecular complexity index is 618. The van der Waals surface area contributed by atoms with Gasteiger partial charge in [-0.15, -0.1) is 0 Å². The molecule has 0 amide bonds. The van der Waals surface area contributed by atoms with Gasteiger partial charge < -0.3 is 9.72 Å². The molecule has 0 fully saturated rings. The van der Waals surface area contributed by atoms with Crippen molar-refractivity contribution in [3.05, 3.63) is 39.1 Å². The van der Waals surface area contributed by atoms with Crippen LogP contribution in [0.25, 0.3) is 10.9 Å². The van der Waals surface area contributed by atoms with Gasteiger partial charge in [0.2, 0.25) is 0 Å². The summed E-state index contributed by atoms with van der Waals surface area (Å²) in [5.74, 6) is 0.609. The predicted molar refractivity (Wildman–Crippen MR) is 61.5 cm³/mol. The van der Waals surface area contributed by atoms with Crippen LogP contribution in [-0.4, -0.2) is 18.4 Å². The number of fused-ring (bicyclic) bond motifs is 1. The number of methoxy groups -OCH3 is 1. The zero-order chi connectivity index (χ0) is 11.7. The van der Waals surface area contributed by atoms with Gasteiger partial charge in [0.15, 0.2) is 6.29 Å². The summed E-state index contributed by atoms with van der Waals surface area (Å²) in [6.07, 6.45) is 0.449. The molecule has 0 aliphatic carbocycles. The van der Waals surface area contributed by atoms with Crippen LogP contribution in [-0.2, 0) is 0 Å². The minimum Gasteiger partial charge on any atom is -0.497 e. The number of ether oxygens (including phenoxy) is 1. The quantitative estimate of drug-likeness (QED) is 0.813. The summed E-state index contributed by atoms with van der Waals surface area (Å²) >= 11 is 5.95. The van der Waals surface area contributed by atoms with Crippen LogP contribution < -0.4 is 10.3 Å². The second kappa shape index (κ2) is 3.98. The van der Waals surface area contributed by atoms with Crippen LogP contribution in [0.4, 0.5) is 0 Å². The molecule has 0 spiro atoms. The first-order valence-electron chi connectivity index (χ1n) is 4.52. The number of hydrogen-bond acceptors (Lipinski definition) is 3. The van der Waals surface area contributed by atoms with E-state index in [0.29, 0.717) is 22.9 Å². The topological polar surface area (TPSA) is 59.2 Å². The minimum absolute atomic E-state index is 0.0562. The summed E-state index contributed by atoms with van der Waals surface area (Å²) in [6, 6.07) is 5.05. The third-order valence-corrected chi connectivity index (χ3v) is 2.72. The van der Waals surface area contributed by atoms with Gasteiger partial charge in [0, 0.05) is 11.5 Å². The fourth-order valence-electron chi connectivity index (χ4n) is 1.48. The van der Waals surface area contributed by atoms with Crippen molar-refractivity contribution in [2.75, 3.05) is 7.11 Å². The molecule has 0 bridgehead atoms. The molecule has 1 heterocycles.